The smallest absolute Gasteiger partial charge is 0.102 e. The van der Waals surface area contributed by atoms with E-state index in [2.05, 4.69) is 96.9 Å². The summed E-state index contributed by atoms with van der Waals surface area (Å²) in [5.41, 5.74) is 3.82. The van der Waals surface area contributed by atoms with Crippen LogP contribution in [0.1, 0.15) is 129 Å². The third-order valence-electron chi connectivity index (χ3n) is 6.22. The Hall–Kier alpha value is -0.920. The molecule has 0 saturated heterocycles. The molecule has 0 aromatic heterocycles. The molecular formula is C29H54O2. The van der Waals surface area contributed by atoms with E-state index in [0.717, 1.165) is 19.3 Å². The van der Waals surface area contributed by atoms with Gasteiger partial charge in [0.2, 0.25) is 0 Å². The van der Waals surface area contributed by atoms with Crippen LogP contribution in [0.15, 0.2) is 22.7 Å². The number of ether oxygens (including phenoxy) is 2. The maximum absolute atomic E-state index is 6.19. The van der Waals surface area contributed by atoms with Gasteiger partial charge in [-0.15, -0.1) is 0 Å². The summed E-state index contributed by atoms with van der Waals surface area (Å²) in [6, 6.07) is 0. The van der Waals surface area contributed by atoms with E-state index in [1.165, 1.54) is 35.5 Å². The van der Waals surface area contributed by atoms with Crippen molar-refractivity contribution in [1.82, 2.24) is 0 Å². The molecule has 0 saturated carbocycles. The van der Waals surface area contributed by atoms with Gasteiger partial charge in [0.1, 0.15) is 23.7 Å². The second-order valence-electron chi connectivity index (χ2n) is 13.7. The Kier molecular flexibility index (Phi) is 9.00. The second-order valence-corrected chi connectivity index (χ2v) is 13.7. The van der Waals surface area contributed by atoms with Crippen LogP contribution < -0.4 is 0 Å². The first-order valence-electron chi connectivity index (χ1n) is 12.6. The molecule has 2 aliphatic heterocycles. The number of hydrogen-bond donors (Lipinski definition) is 0. The first-order valence-corrected chi connectivity index (χ1v) is 12.6. The van der Waals surface area contributed by atoms with Gasteiger partial charge in [0, 0.05) is 23.7 Å². The molecule has 0 N–H and O–H groups in total. The maximum Gasteiger partial charge on any atom is 0.102 e. The topological polar surface area (TPSA) is 18.5 Å². The van der Waals surface area contributed by atoms with Crippen molar-refractivity contribution in [2.45, 2.75) is 141 Å². The van der Waals surface area contributed by atoms with Crippen LogP contribution in [0.4, 0.5) is 0 Å². The van der Waals surface area contributed by atoms with Crippen molar-refractivity contribution in [2.24, 2.45) is 21.7 Å². The summed E-state index contributed by atoms with van der Waals surface area (Å²) in [4.78, 5) is 0. The fourth-order valence-electron chi connectivity index (χ4n) is 4.46. The highest BCUT2D eigenvalue weighted by molar-refractivity contribution is 5.26. The largest absolute Gasteiger partial charge is 0.494 e. The molecular weight excluding hydrogens is 380 g/mol. The van der Waals surface area contributed by atoms with Crippen molar-refractivity contribution < 1.29 is 9.47 Å². The van der Waals surface area contributed by atoms with Gasteiger partial charge in [-0.2, -0.15) is 0 Å². The molecule has 2 aliphatic rings. The van der Waals surface area contributed by atoms with Crippen LogP contribution >= 0.6 is 0 Å². The van der Waals surface area contributed by atoms with Gasteiger partial charge in [0.15, 0.2) is 0 Å². The Morgan fingerprint density at radius 3 is 1.19 bits per heavy atom. The number of allylic oxidation sites excluding steroid dienone is 2. The van der Waals surface area contributed by atoms with Crippen LogP contribution in [-0.2, 0) is 9.47 Å². The van der Waals surface area contributed by atoms with E-state index in [1.807, 2.05) is 0 Å². The lowest BCUT2D eigenvalue weighted by Crippen LogP contribution is -2.17. The lowest BCUT2D eigenvalue weighted by molar-refractivity contribution is 0.0959. The summed E-state index contributed by atoms with van der Waals surface area (Å²) in [6.07, 6.45) is 6.58. The van der Waals surface area contributed by atoms with Crippen molar-refractivity contribution in [3.8, 4) is 0 Å². The minimum absolute atomic E-state index is 0.144. The van der Waals surface area contributed by atoms with Crippen LogP contribution in [0.2, 0.25) is 0 Å². The molecule has 0 aromatic rings. The molecule has 0 fully saturated rings. The average Bonchev–Trinajstić information content (AvgIpc) is 3.18. The van der Waals surface area contributed by atoms with E-state index in [9.17, 15) is 0 Å². The van der Waals surface area contributed by atoms with Crippen molar-refractivity contribution >= 4 is 0 Å². The van der Waals surface area contributed by atoms with Gasteiger partial charge in [0.05, 0.1) is 0 Å². The summed E-state index contributed by atoms with van der Waals surface area (Å²) in [6.45, 7) is 31.7. The molecule has 2 nitrogen and oxygen atoms in total. The van der Waals surface area contributed by atoms with Gasteiger partial charge < -0.3 is 9.47 Å². The van der Waals surface area contributed by atoms with Crippen LogP contribution in [-0.4, -0.2) is 12.2 Å². The zero-order chi connectivity index (χ0) is 24.4. The van der Waals surface area contributed by atoms with E-state index in [1.54, 1.807) is 0 Å². The molecule has 2 atom stereocenters. The van der Waals surface area contributed by atoms with Crippen molar-refractivity contribution in [3.05, 3.63) is 22.7 Å². The zero-order valence-corrected chi connectivity index (χ0v) is 23.5. The molecule has 0 aromatic carbocycles. The van der Waals surface area contributed by atoms with Crippen molar-refractivity contribution in [3.63, 3.8) is 0 Å². The molecule has 2 unspecified atom stereocenters. The molecule has 2 heteroatoms. The fourth-order valence-corrected chi connectivity index (χ4v) is 4.46. The maximum atomic E-state index is 6.19. The Balaban J connectivity index is 0.000000311. The van der Waals surface area contributed by atoms with E-state index < -0.39 is 0 Å². The molecule has 0 spiro atoms. The van der Waals surface area contributed by atoms with Crippen LogP contribution in [0.25, 0.3) is 0 Å². The fraction of sp³-hybridized carbons (Fsp3) is 0.862. The van der Waals surface area contributed by atoms with Crippen LogP contribution in [0.5, 0.6) is 0 Å². The Morgan fingerprint density at radius 2 is 0.935 bits per heavy atom. The molecule has 0 aliphatic carbocycles. The highest BCUT2D eigenvalue weighted by atomic mass is 16.5. The predicted octanol–water partition coefficient (Wildman–Crippen LogP) is 9.45. The summed E-state index contributed by atoms with van der Waals surface area (Å²) in [5, 5.41) is 0. The first-order chi connectivity index (χ1) is 13.8. The zero-order valence-electron chi connectivity index (χ0n) is 23.5. The quantitative estimate of drug-likeness (QED) is 0.440. The van der Waals surface area contributed by atoms with Gasteiger partial charge in [0.25, 0.3) is 0 Å². The van der Waals surface area contributed by atoms with Gasteiger partial charge >= 0.3 is 0 Å². The summed E-state index contributed by atoms with van der Waals surface area (Å²) >= 11 is 0. The van der Waals surface area contributed by atoms with Gasteiger partial charge in [-0.3, -0.25) is 0 Å². The molecule has 0 amide bonds. The highest BCUT2D eigenvalue weighted by Gasteiger charge is 2.38. The standard InChI is InChI=1S/C15H28O.C14H26O/c1-8-9-11-10-12(14(2,3)4)13(16-11)15(5,6)7;1-8-10-9-11(13(2,3)4)12(15-10)14(5,6)7/h11H,8-10H2,1-7H3;10H,8-9H2,1-7H3. The van der Waals surface area contributed by atoms with E-state index in [0.29, 0.717) is 12.2 Å². The first kappa shape index (κ1) is 28.1. The SMILES string of the molecule is CCC1CC(C(C)(C)C)=C(C(C)(C)C)O1.CCCC1CC(C(C)(C)C)=C(C(C)(C)C)O1. The average molecular weight is 435 g/mol. The molecule has 182 valence electrons. The van der Waals surface area contributed by atoms with Crippen LogP contribution in [0, 0.1) is 21.7 Å². The molecule has 2 rings (SSSR count). The third-order valence-corrected chi connectivity index (χ3v) is 6.22. The highest BCUT2D eigenvalue weighted by Crippen LogP contribution is 2.46. The van der Waals surface area contributed by atoms with Gasteiger partial charge in [-0.1, -0.05) is 103 Å². The summed E-state index contributed by atoms with van der Waals surface area (Å²) < 4.78 is 12.3. The Labute approximate surface area is 195 Å². The summed E-state index contributed by atoms with van der Waals surface area (Å²) in [5.74, 6) is 2.49. The summed E-state index contributed by atoms with van der Waals surface area (Å²) in [7, 11) is 0. The molecule has 31 heavy (non-hydrogen) atoms. The Bertz CT molecular complexity index is 599. The van der Waals surface area contributed by atoms with Gasteiger partial charge in [-0.05, 0) is 34.8 Å². The predicted molar refractivity (Wildman–Crippen MR) is 136 cm³/mol. The second kappa shape index (κ2) is 9.92. The van der Waals surface area contributed by atoms with E-state index in [-0.39, 0.29) is 21.7 Å². The van der Waals surface area contributed by atoms with E-state index in [4.69, 9.17) is 9.47 Å². The third kappa shape index (κ3) is 7.86. The number of hydrogen-bond acceptors (Lipinski definition) is 2. The minimum Gasteiger partial charge on any atom is -0.494 e. The molecule has 0 bridgehead atoms. The monoisotopic (exact) mass is 434 g/mol. The Morgan fingerprint density at radius 1 is 0.581 bits per heavy atom. The molecule has 2 heterocycles. The van der Waals surface area contributed by atoms with Gasteiger partial charge in [-0.25, -0.2) is 0 Å². The molecule has 0 radical (unpaired) electrons. The lowest BCUT2D eigenvalue weighted by Gasteiger charge is -2.27. The minimum atomic E-state index is 0.144. The van der Waals surface area contributed by atoms with Crippen molar-refractivity contribution in [1.29, 1.82) is 0 Å². The van der Waals surface area contributed by atoms with Crippen LogP contribution in [0.3, 0.4) is 0 Å². The van der Waals surface area contributed by atoms with Crippen molar-refractivity contribution in [2.75, 3.05) is 0 Å². The number of rotatable bonds is 3. The normalized spacial score (nSPS) is 22.9. The van der Waals surface area contributed by atoms with E-state index >= 15 is 0 Å². The lowest BCUT2D eigenvalue weighted by atomic mass is 9.78.